The van der Waals surface area contributed by atoms with Crippen LogP contribution < -0.4 is 4.72 Å². The third kappa shape index (κ3) is 4.29. The van der Waals surface area contributed by atoms with Gasteiger partial charge >= 0.3 is 0 Å². The van der Waals surface area contributed by atoms with Gasteiger partial charge in [-0.15, -0.1) is 0 Å². The maximum absolute atomic E-state index is 12.0. The molecule has 0 radical (unpaired) electrons. The molecule has 3 N–H and O–H groups in total. The van der Waals surface area contributed by atoms with Gasteiger partial charge in [0.25, 0.3) is 0 Å². The number of aliphatic hydroxyl groups excluding tert-OH is 2. The zero-order valence-corrected chi connectivity index (χ0v) is 11.3. The van der Waals surface area contributed by atoms with Crippen molar-refractivity contribution in [2.24, 2.45) is 0 Å². The minimum atomic E-state index is -3.77. The second kappa shape index (κ2) is 6.12. The second-order valence-corrected chi connectivity index (χ2v) is 6.23. The van der Waals surface area contributed by atoms with Crippen LogP contribution in [-0.4, -0.2) is 37.4 Å². The molecule has 0 atom stereocenters. The molecule has 0 spiro atoms. The van der Waals surface area contributed by atoms with E-state index < -0.39 is 28.8 Å². The number of nitrogens with one attached hydrogen (secondary N) is 1. The van der Waals surface area contributed by atoms with E-state index in [2.05, 4.69) is 4.72 Å². The molecule has 1 aromatic carbocycles. The van der Waals surface area contributed by atoms with Crippen LogP contribution in [0, 0.1) is 11.3 Å². The first-order chi connectivity index (χ1) is 8.86. The number of nitriles is 1. The summed E-state index contributed by atoms with van der Waals surface area (Å²) in [7, 11) is -3.77. The summed E-state index contributed by atoms with van der Waals surface area (Å²) in [6, 6.07) is 8.28. The van der Waals surface area contributed by atoms with E-state index in [4.69, 9.17) is 15.5 Å². The third-order valence-electron chi connectivity index (χ3n) is 2.58. The van der Waals surface area contributed by atoms with E-state index in [1.807, 2.05) is 6.07 Å². The van der Waals surface area contributed by atoms with Crippen LogP contribution in [0.4, 0.5) is 0 Å². The molecule has 0 amide bonds. The Morgan fingerprint density at radius 2 is 1.89 bits per heavy atom. The Balaban J connectivity index is 2.95. The zero-order valence-electron chi connectivity index (χ0n) is 10.5. The maximum Gasteiger partial charge on any atom is 0.216 e. The summed E-state index contributed by atoms with van der Waals surface area (Å²) in [5.41, 5.74) is -0.668. The number of sulfonamides is 1. The molecule has 0 aliphatic heterocycles. The molecule has 0 unspecified atom stereocenters. The number of nitrogens with zero attached hydrogens (tertiary/aromatic N) is 1. The fourth-order valence-corrected chi connectivity index (χ4v) is 3.10. The van der Waals surface area contributed by atoms with Crippen molar-refractivity contribution in [2.75, 3.05) is 13.2 Å². The predicted octanol–water partition coefficient (Wildman–Crippen LogP) is -0.279. The van der Waals surface area contributed by atoms with Crippen molar-refractivity contribution in [3.05, 3.63) is 35.4 Å². The minimum absolute atomic E-state index is 0.280. The Kier molecular flexibility index (Phi) is 5.03. The van der Waals surface area contributed by atoms with Crippen LogP contribution in [0.25, 0.3) is 0 Å². The molecule has 1 aromatic rings. The Hall–Kier alpha value is -1.46. The van der Waals surface area contributed by atoms with Gasteiger partial charge in [-0.1, -0.05) is 18.2 Å². The third-order valence-corrected chi connectivity index (χ3v) is 4.08. The molecule has 0 aliphatic carbocycles. The van der Waals surface area contributed by atoms with Crippen LogP contribution in [0.5, 0.6) is 0 Å². The Morgan fingerprint density at radius 1 is 1.32 bits per heavy atom. The highest BCUT2D eigenvalue weighted by atomic mass is 32.2. The van der Waals surface area contributed by atoms with Crippen LogP contribution >= 0.6 is 0 Å². The Bertz CT molecular complexity index is 574. The summed E-state index contributed by atoms with van der Waals surface area (Å²) >= 11 is 0. The molecule has 104 valence electrons. The normalized spacial score (nSPS) is 12.1. The Labute approximate surface area is 112 Å². The highest BCUT2D eigenvalue weighted by Gasteiger charge is 2.28. The van der Waals surface area contributed by atoms with Crippen molar-refractivity contribution in [2.45, 2.75) is 18.2 Å². The lowest BCUT2D eigenvalue weighted by Gasteiger charge is -2.25. The molecule has 0 aromatic heterocycles. The zero-order chi connectivity index (χ0) is 14.5. The van der Waals surface area contributed by atoms with Gasteiger partial charge in [-0.3, -0.25) is 0 Å². The molecule has 0 bridgehead atoms. The van der Waals surface area contributed by atoms with Gasteiger partial charge in [-0.05, 0) is 18.6 Å². The minimum Gasteiger partial charge on any atom is -0.394 e. The SMILES string of the molecule is CC(CO)(CO)NS(=O)(=O)Cc1ccccc1C#N. The van der Waals surface area contributed by atoms with Gasteiger partial charge in [0.15, 0.2) is 0 Å². The highest BCUT2D eigenvalue weighted by Crippen LogP contribution is 2.13. The van der Waals surface area contributed by atoms with Crippen LogP contribution in [-0.2, 0) is 15.8 Å². The number of benzene rings is 1. The van der Waals surface area contributed by atoms with Crippen molar-refractivity contribution in [3.63, 3.8) is 0 Å². The molecular weight excluding hydrogens is 268 g/mol. The molecule has 0 saturated heterocycles. The topological polar surface area (TPSA) is 110 Å². The first-order valence-electron chi connectivity index (χ1n) is 5.57. The van der Waals surface area contributed by atoms with E-state index >= 15 is 0 Å². The van der Waals surface area contributed by atoms with Gasteiger partial charge < -0.3 is 10.2 Å². The summed E-state index contributed by atoms with van der Waals surface area (Å²) in [6.07, 6.45) is 0. The molecule has 0 aliphatic rings. The highest BCUT2D eigenvalue weighted by molar-refractivity contribution is 7.88. The Morgan fingerprint density at radius 3 is 2.42 bits per heavy atom. The van der Waals surface area contributed by atoms with E-state index in [0.717, 1.165) is 0 Å². The fourth-order valence-electron chi connectivity index (χ4n) is 1.49. The van der Waals surface area contributed by atoms with Crippen molar-refractivity contribution in [3.8, 4) is 6.07 Å². The molecule has 6 nitrogen and oxygen atoms in total. The van der Waals surface area contributed by atoms with Gasteiger partial charge in [0.05, 0.1) is 36.1 Å². The largest absolute Gasteiger partial charge is 0.394 e. The molecule has 0 fully saturated rings. The van der Waals surface area contributed by atoms with Crippen LogP contribution in [0.1, 0.15) is 18.1 Å². The van der Waals surface area contributed by atoms with Gasteiger partial charge in [0.2, 0.25) is 10.0 Å². The van der Waals surface area contributed by atoms with Crippen LogP contribution in [0.2, 0.25) is 0 Å². The lowest BCUT2D eigenvalue weighted by Crippen LogP contribution is -2.51. The smallest absolute Gasteiger partial charge is 0.216 e. The molecule has 0 saturated carbocycles. The molecule has 1 rings (SSSR count). The summed E-state index contributed by atoms with van der Waals surface area (Å²) in [5, 5.41) is 27.0. The van der Waals surface area contributed by atoms with Crippen molar-refractivity contribution >= 4 is 10.0 Å². The molecule has 0 heterocycles. The van der Waals surface area contributed by atoms with Gasteiger partial charge in [0, 0.05) is 0 Å². The standard InChI is InChI=1S/C12H16N2O4S/c1-12(8-15,9-16)14-19(17,18)7-11-5-3-2-4-10(11)6-13/h2-5,14-16H,7-9H2,1H3. The molecule has 7 heteroatoms. The van der Waals surface area contributed by atoms with E-state index in [-0.39, 0.29) is 11.3 Å². The fraction of sp³-hybridized carbons (Fsp3) is 0.417. The molecule has 19 heavy (non-hydrogen) atoms. The number of aliphatic hydroxyl groups is 2. The van der Waals surface area contributed by atoms with Crippen LogP contribution in [0.15, 0.2) is 24.3 Å². The quantitative estimate of drug-likeness (QED) is 0.665. The van der Waals surface area contributed by atoms with Gasteiger partial charge in [0.1, 0.15) is 0 Å². The van der Waals surface area contributed by atoms with E-state index in [1.54, 1.807) is 18.2 Å². The van der Waals surface area contributed by atoms with Crippen LogP contribution in [0.3, 0.4) is 0 Å². The van der Waals surface area contributed by atoms with Crippen molar-refractivity contribution in [1.82, 2.24) is 4.72 Å². The van der Waals surface area contributed by atoms with Crippen molar-refractivity contribution < 1.29 is 18.6 Å². The lowest BCUT2D eigenvalue weighted by molar-refractivity contribution is 0.121. The number of hydrogen-bond acceptors (Lipinski definition) is 5. The summed E-state index contributed by atoms with van der Waals surface area (Å²) in [5.74, 6) is -0.383. The average molecular weight is 284 g/mol. The van der Waals surface area contributed by atoms with E-state index in [9.17, 15) is 8.42 Å². The number of rotatable bonds is 6. The first-order valence-corrected chi connectivity index (χ1v) is 7.22. The maximum atomic E-state index is 12.0. The monoisotopic (exact) mass is 284 g/mol. The molecular formula is C12H16N2O4S. The van der Waals surface area contributed by atoms with Gasteiger partial charge in [-0.2, -0.15) is 5.26 Å². The average Bonchev–Trinajstić information content (AvgIpc) is 2.38. The van der Waals surface area contributed by atoms with E-state index in [0.29, 0.717) is 5.56 Å². The summed E-state index contributed by atoms with van der Waals surface area (Å²) in [4.78, 5) is 0. The summed E-state index contributed by atoms with van der Waals surface area (Å²) in [6.45, 7) is 0.339. The van der Waals surface area contributed by atoms with Gasteiger partial charge in [-0.25, -0.2) is 13.1 Å². The second-order valence-electron chi connectivity index (χ2n) is 4.51. The van der Waals surface area contributed by atoms with E-state index in [1.165, 1.54) is 13.0 Å². The first kappa shape index (κ1) is 15.6. The predicted molar refractivity (Wildman–Crippen MR) is 69.5 cm³/mol. The van der Waals surface area contributed by atoms with Crippen molar-refractivity contribution in [1.29, 1.82) is 5.26 Å². The number of hydrogen-bond donors (Lipinski definition) is 3. The lowest BCUT2D eigenvalue weighted by atomic mass is 10.1. The summed E-state index contributed by atoms with van der Waals surface area (Å²) < 4.78 is 26.1.